The number of carbonyl (C=O) groups excluding carboxylic acids is 1. The number of amides is 1. The molecule has 3 aromatic rings. The van der Waals surface area contributed by atoms with Crippen molar-refractivity contribution in [3.05, 3.63) is 64.7 Å². The first kappa shape index (κ1) is 23.1. The van der Waals surface area contributed by atoms with Gasteiger partial charge in [0.1, 0.15) is 0 Å². The SMILES string of the molecule is O=C(Nc1nnc(SCc2cccc(Cl)c2)s1)c1ccc(S(=O)(=O)N2CCOCC2)cc1. The molecule has 0 bridgehead atoms. The molecule has 8 nitrogen and oxygen atoms in total. The van der Waals surface area contributed by atoms with Gasteiger partial charge in [0.05, 0.1) is 18.1 Å². The van der Waals surface area contributed by atoms with Gasteiger partial charge >= 0.3 is 0 Å². The van der Waals surface area contributed by atoms with E-state index in [1.165, 1.54) is 51.7 Å². The molecule has 1 saturated heterocycles. The molecule has 0 spiro atoms. The Labute approximate surface area is 199 Å². The minimum Gasteiger partial charge on any atom is -0.379 e. The molecule has 168 valence electrons. The molecule has 32 heavy (non-hydrogen) atoms. The van der Waals surface area contributed by atoms with Gasteiger partial charge in [-0.2, -0.15) is 4.31 Å². The second-order valence-corrected chi connectivity index (χ2v) is 11.4. The lowest BCUT2D eigenvalue weighted by Crippen LogP contribution is -2.40. The number of anilines is 1. The van der Waals surface area contributed by atoms with Gasteiger partial charge in [0.25, 0.3) is 5.91 Å². The van der Waals surface area contributed by atoms with Crippen LogP contribution < -0.4 is 5.32 Å². The summed E-state index contributed by atoms with van der Waals surface area (Å²) in [5, 5.41) is 11.8. The average molecular weight is 511 g/mol. The molecule has 12 heteroatoms. The molecule has 1 aliphatic rings. The summed E-state index contributed by atoms with van der Waals surface area (Å²) in [5.74, 6) is 0.297. The zero-order valence-corrected chi connectivity index (χ0v) is 19.9. The highest BCUT2D eigenvalue weighted by atomic mass is 35.5. The fourth-order valence-corrected chi connectivity index (χ4v) is 6.28. The van der Waals surface area contributed by atoms with E-state index in [1.807, 2.05) is 24.3 Å². The number of aromatic nitrogens is 2. The Morgan fingerprint density at radius 3 is 2.62 bits per heavy atom. The van der Waals surface area contributed by atoms with Crippen molar-refractivity contribution in [2.24, 2.45) is 0 Å². The molecule has 1 fully saturated rings. The van der Waals surface area contributed by atoms with Gasteiger partial charge in [0, 0.05) is 29.4 Å². The minimum absolute atomic E-state index is 0.145. The van der Waals surface area contributed by atoms with Crippen molar-refractivity contribution in [2.45, 2.75) is 15.0 Å². The maximum Gasteiger partial charge on any atom is 0.257 e. The first-order chi connectivity index (χ1) is 15.4. The third-order valence-corrected chi connectivity index (χ3v) is 8.79. The third kappa shape index (κ3) is 5.66. The molecule has 4 rings (SSSR count). The Morgan fingerprint density at radius 1 is 1.16 bits per heavy atom. The van der Waals surface area contributed by atoms with Crippen molar-refractivity contribution < 1.29 is 17.9 Å². The summed E-state index contributed by atoms with van der Waals surface area (Å²) in [6, 6.07) is 13.4. The first-order valence-electron chi connectivity index (χ1n) is 9.62. The molecule has 1 N–H and O–H groups in total. The molecule has 0 saturated carbocycles. The van der Waals surface area contributed by atoms with E-state index in [0.29, 0.717) is 52.1 Å². The highest BCUT2D eigenvalue weighted by Crippen LogP contribution is 2.29. The molecule has 0 unspecified atom stereocenters. The highest BCUT2D eigenvalue weighted by molar-refractivity contribution is 8.00. The smallest absolute Gasteiger partial charge is 0.257 e. The molecular formula is C20H19ClN4O4S3. The lowest BCUT2D eigenvalue weighted by molar-refractivity contribution is 0.0730. The lowest BCUT2D eigenvalue weighted by atomic mass is 10.2. The molecular weight excluding hydrogens is 492 g/mol. The van der Waals surface area contributed by atoms with Crippen LogP contribution >= 0.6 is 34.7 Å². The summed E-state index contributed by atoms with van der Waals surface area (Å²) in [5.41, 5.74) is 1.39. The fourth-order valence-electron chi connectivity index (χ4n) is 2.97. The quantitative estimate of drug-likeness (QED) is 0.381. The summed E-state index contributed by atoms with van der Waals surface area (Å²) in [4.78, 5) is 12.7. The normalized spacial score (nSPS) is 14.9. The van der Waals surface area contributed by atoms with Crippen molar-refractivity contribution in [3.8, 4) is 0 Å². The minimum atomic E-state index is -3.60. The van der Waals surface area contributed by atoms with Gasteiger partial charge in [0.2, 0.25) is 15.2 Å². The molecule has 0 atom stereocenters. The van der Waals surface area contributed by atoms with Crippen molar-refractivity contribution in [1.82, 2.24) is 14.5 Å². The molecule has 2 aromatic carbocycles. The number of benzene rings is 2. The Morgan fingerprint density at radius 2 is 1.91 bits per heavy atom. The van der Waals surface area contributed by atoms with E-state index >= 15 is 0 Å². The van der Waals surface area contributed by atoms with E-state index in [2.05, 4.69) is 15.5 Å². The number of carbonyl (C=O) groups is 1. The van der Waals surface area contributed by atoms with Gasteiger partial charge in [-0.05, 0) is 42.0 Å². The lowest BCUT2D eigenvalue weighted by Gasteiger charge is -2.26. The van der Waals surface area contributed by atoms with Crippen molar-refractivity contribution in [1.29, 1.82) is 0 Å². The topological polar surface area (TPSA) is 101 Å². The van der Waals surface area contributed by atoms with Crippen LogP contribution in [0, 0.1) is 0 Å². The molecule has 1 aromatic heterocycles. The molecule has 1 aliphatic heterocycles. The number of hydrogen-bond donors (Lipinski definition) is 1. The standard InChI is InChI=1S/C20H19ClN4O4S3/c21-16-3-1-2-14(12-16)13-30-20-24-23-19(31-20)22-18(26)15-4-6-17(7-5-15)32(27,28)25-8-10-29-11-9-25/h1-7,12H,8-11,13H2,(H,22,23,26). The Hall–Kier alpha value is -2.02. The van der Waals surface area contributed by atoms with Crippen LogP contribution in [-0.2, 0) is 20.5 Å². The zero-order valence-electron chi connectivity index (χ0n) is 16.7. The number of thioether (sulfide) groups is 1. The number of hydrogen-bond acceptors (Lipinski definition) is 8. The predicted molar refractivity (Wildman–Crippen MR) is 125 cm³/mol. The maximum atomic E-state index is 12.7. The van der Waals surface area contributed by atoms with Gasteiger partial charge in [-0.15, -0.1) is 10.2 Å². The van der Waals surface area contributed by atoms with E-state index in [0.717, 1.165) is 5.56 Å². The second-order valence-electron chi connectivity index (χ2n) is 6.79. The maximum absolute atomic E-state index is 12.7. The Bertz CT molecular complexity index is 1200. The fraction of sp³-hybridized carbons (Fsp3) is 0.250. The van der Waals surface area contributed by atoms with Crippen molar-refractivity contribution >= 4 is 55.8 Å². The van der Waals surface area contributed by atoms with Crippen LogP contribution in [0.5, 0.6) is 0 Å². The van der Waals surface area contributed by atoms with Crippen LogP contribution in [0.4, 0.5) is 5.13 Å². The Balaban J connectivity index is 1.36. The number of rotatable bonds is 7. The zero-order chi connectivity index (χ0) is 22.6. The van der Waals surface area contributed by atoms with E-state index in [-0.39, 0.29) is 10.8 Å². The number of halogens is 1. The number of sulfonamides is 1. The highest BCUT2D eigenvalue weighted by Gasteiger charge is 2.26. The van der Waals surface area contributed by atoms with Crippen LogP contribution in [-0.4, -0.2) is 55.1 Å². The largest absolute Gasteiger partial charge is 0.379 e. The monoisotopic (exact) mass is 510 g/mol. The van der Waals surface area contributed by atoms with Crippen LogP contribution in [0.3, 0.4) is 0 Å². The average Bonchev–Trinajstić information content (AvgIpc) is 3.25. The van der Waals surface area contributed by atoms with E-state index in [9.17, 15) is 13.2 Å². The van der Waals surface area contributed by atoms with Gasteiger partial charge in [0.15, 0.2) is 4.34 Å². The van der Waals surface area contributed by atoms with E-state index < -0.39 is 10.0 Å². The summed E-state index contributed by atoms with van der Waals surface area (Å²) in [6.07, 6.45) is 0. The molecule has 0 aliphatic carbocycles. The van der Waals surface area contributed by atoms with Crippen LogP contribution in [0.2, 0.25) is 5.02 Å². The molecule has 2 heterocycles. The number of ether oxygens (including phenoxy) is 1. The number of nitrogens with zero attached hydrogens (tertiary/aromatic N) is 3. The summed E-state index contributed by atoms with van der Waals surface area (Å²) >= 11 is 8.76. The van der Waals surface area contributed by atoms with Gasteiger partial charge in [-0.1, -0.05) is 46.8 Å². The van der Waals surface area contributed by atoms with E-state index in [1.54, 1.807) is 0 Å². The van der Waals surface area contributed by atoms with Gasteiger partial charge in [-0.3, -0.25) is 10.1 Å². The number of nitrogens with one attached hydrogen (secondary N) is 1. The summed E-state index contributed by atoms with van der Waals surface area (Å²) in [7, 11) is -3.60. The Kier molecular flexibility index (Phi) is 7.44. The van der Waals surface area contributed by atoms with Crippen molar-refractivity contribution in [3.63, 3.8) is 0 Å². The molecule has 1 amide bonds. The summed E-state index contributed by atoms with van der Waals surface area (Å²) in [6.45, 7) is 1.39. The predicted octanol–water partition coefficient (Wildman–Crippen LogP) is 3.76. The summed E-state index contributed by atoms with van der Waals surface area (Å²) < 4.78 is 32.7. The van der Waals surface area contributed by atoms with Crippen LogP contribution in [0.25, 0.3) is 0 Å². The second kappa shape index (κ2) is 10.3. The van der Waals surface area contributed by atoms with Crippen molar-refractivity contribution in [2.75, 3.05) is 31.6 Å². The van der Waals surface area contributed by atoms with Gasteiger partial charge in [-0.25, -0.2) is 8.42 Å². The van der Waals surface area contributed by atoms with Crippen LogP contribution in [0.1, 0.15) is 15.9 Å². The van der Waals surface area contributed by atoms with E-state index in [4.69, 9.17) is 16.3 Å². The van der Waals surface area contributed by atoms with Gasteiger partial charge < -0.3 is 4.74 Å². The third-order valence-electron chi connectivity index (χ3n) is 4.60. The molecule has 0 radical (unpaired) electrons. The number of morpholine rings is 1. The first-order valence-corrected chi connectivity index (χ1v) is 13.2. The van der Waals surface area contributed by atoms with Crippen LogP contribution in [0.15, 0.2) is 57.8 Å².